The largest absolute Gasteiger partial charge is 0.459 e. The van der Waals surface area contributed by atoms with Gasteiger partial charge in [-0.2, -0.15) is 0 Å². The Morgan fingerprint density at radius 1 is 1.12 bits per heavy atom. The van der Waals surface area contributed by atoms with Crippen LogP contribution in [-0.2, 0) is 20.4 Å². The van der Waals surface area contributed by atoms with Crippen molar-refractivity contribution in [2.75, 3.05) is 12.3 Å². The number of rotatable bonds is 8. The molecule has 0 saturated heterocycles. The molecule has 2 rings (SSSR count). The van der Waals surface area contributed by atoms with Crippen molar-refractivity contribution < 1.29 is 22.4 Å². The Morgan fingerprint density at radius 3 is 2.48 bits per heavy atom. The van der Waals surface area contributed by atoms with Gasteiger partial charge in [0.1, 0.15) is 6.04 Å². The predicted molar refractivity (Wildman–Crippen MR) is 92.6 cm³/mol. The fourth-order valence-corrected chi connectivity index (χ4v) is 3.38. The third-order valence-electron chi connectivity index (χ3n) is 3.43. The molecule has 0 aliphatic carbocycles. The molecule has 1 heterocycles. The summed E-state index contributed by atoms with van der Waals surface area (Å²) in [4.78, 5) is 23.7. The van der Waals surface area contributed by atoms with Crippen LogP contribution in [0.15, 0.2) is 53.1 Å². The van der Waals surface area contributed by atoms with E-state index in [-0.39, 0.29) is 23.8 Å². The maximum absolute atomic E-state index is 12.1. The van der Waals surface area contributed by atoms with Crippen molar-refractivity contribution in [3.05, 3.63) is 60.1 Å². The van der Waals surface area contributed by atoms with E-state index in [9.17, 15) is 18.0 Å². The fraction of sp³-hybridized carbons (Fsp3) is 0.294. The molecule has 8 heteroatoms. The Morgan fingerprint density at radius 2 is 1.84 bits per heavy atom. The van der Waals surface area contributed by atoms with E-state index in [1.807, 2.05) is 6.07 Å². The summed E-state index contributed by atoms with van der Waals surface area (Å²) < 4.78 is 29.0. The van der Waals surface area contributed by atoms with Gasteiger partial charge < -0.3 is 15.1 Å². The van der Waals surface area contributed by atoms with Gasteiger partial charge in [-0.3, -0.25) is 9.59 Å². The van der Waals surface area contributed by atoms with E-state index in [1.165, 1.54) is 19.3 Å². The highest BCUT2D eigenvalue weighted by Gasteiger charge is 2.19. The molecule has 1 aromatic heterocycles. The van der Waals surface area contributed by atoms with Gasteiger partial charge in [-0.25, -0.2) is 8.42 Å². The topological polar surface area (TPSA) is 105 Å². The van der Waals surface area contributed by atoms with E-state index in [0.29, 0.717) is 5.56 Å². The van der Waals surface area contributed by atoms with Crippen molar-refractivity contribution in [2.45, 2.75) is 18.7 Å². The molecule has 0 aliphatic rings. The SMILES string of the molecule is C[C@@H](NC(=O)c1ccco1)C(=O)NCCS(=O)(=O)Cc1ccccc1. The molecule has 0 aliphatic heterocycles. The molecule has 1 atom stereocenters. The second-order valence-corrected chi connectivity index (χ2v) is 7.73. The summed E-state index contributed by atoms with van der Waals surface area (Å²) in [5.41, 5.74) is 0.702. The quantitative estimate of drug-likeness (QED) is 0.730. The molecule has 2 N–H and O–H groups in total. The van der Waals surface area contributed by atoms with Crippen LogP contribution < -0.4 is 10.6 Å². The normalized spacial score (nSPS) is 12.4. The molecule has 1 aromatic carbocycles. The minimum Gasteiger partial charge on any atom is -0.459 e. The van der Waals surface area contributed by atoms with E-state index in [1.54, 1.807) is 30.3 Å². The highest BCUT2D eigenvalue weighted by Crippen LogP contribution is 2.05. The van der Waals surface area contributed by atoms with Crippen molar-refractivity contribution in [3.8, 4) is 0 Å². The molecular weight excluding hydrogens is 344 g/mol. The number of amides is 2. The number of nitrogens with one attached hydrogen (secondary N) is 2. The van der Waals surface area contributed by atoms with Crippen molar-refractivity contribution in [1.29, 1.82) is 0 Å². The molecule has 2 aromatic rings. The van der Waals surface area contributed by atoms with Crippen LogP contribution in [0.4, 0.5) is 0 Å². The van der Waals surface area contributed by atoms with Crippen LogP contribution in [0.2, 0.25) is 0 Å². The molecule has 0 saturated carbocycles. The predicted octanol–water partition coefficient (Wildman–Crippen LogP) is 1.13. The molecule has 0 bridgehead atoms. The van der Waals surface area contributed by atoms with E-state index in [0.717, 1.165) is 0 Å². The Kier molecular flexibility index (Phi) is 6.35. The lowest BCUT2D eigenvalue weighted by Gasteiger charge is -2.13. The smallest absolute Gasteiger partial charge is 0.287 e. The summed E-state index contributed by atoms with van der Waals surface area (Å²) in [6.07, 6.45) is 1.36. The molecule has 25 heavy (non-hydrogen) atoms. The van der Waals surface area contributed by atoms with Gasteiger partial charge in [0.05, 0.1) is 17.8 Å². The van der Waals surface area contributed by atoms with Gasteiger partial charge in [0.15, 0.2) is 15.6 Å². The Labute approximate surface area is 146 Å². The van der Waals surface area contributed by atoms with Gasteiger partial charge in [-0.15, -0.1) is 0 Å². The van der Waals surface area contributed by atoms with Crippen LogP contribution in [0.25, 0.3) is 0 Å². The van der Waals surface area contributed by atoms with Gasteiger partial charge in [0.2, 0.25) is 5.91 Å². The van der Waals surface area contributed by atoms with Crippen LogP contribution >= 0.6 is 0 Å². The Hall–Kier alpha value is -2.61. The van der Waals surface area contributed by atoms with Crippen LogP contribution in [0, 0.1) is 0 Å². The van der Waals surface area contributed by atoms with Crippen LogP contribution in [0.1, 0.15) is 23.0 Å². The van der Waals surface area contributed by atoms with Gasteiger partial charge in [0.25, 0.3) is 5.91 Å². The number of hydrogen-bond acceptors (Lipinski definition) is 5. The number of benzene rings is 1. The second kappa shape index (κ2) is 8.48. The zero-order valence-electron chi connectivity index (χ0n) is 13.8. The molecule has 0 radical (unpaired) electrons. The summed E-state index contributed by atoms with van der Waals surface area (Å²) in [5, 5.41) is 4.99. The maximum Gasteiger partial charge on any atom is 0.287 e. The first kappa shape index (κ1) is 18.7. The summed E-state index contributed by atoms with van der Waals surface area (Å²) in [6, 6.07) is 11.1. The highest BCUT2D eigenvalue weighted by atomic mass is 32.2. The molecule has 7 nitrogen and oxygen atoms in total. The highest BCUT2D eigenvalue weighted by molar-refractivity contribution is 7.90. The van der Waals surface area contributed by atoms with E-state index in [4.69, 9.17) is 4.42 Å². The Bertz CT molecular complexity index is 801. The van der Waals surface area contributed by atoms with E-state index >= 15 is 0 Å². The molecular formula is C17H20N2O5S. The zero-order valence-corrected chi connectivity index (χ0v) is 14.6. The summed E-state index contributed by atoms with van der Waals surface area (Å²) in [5.74, 6) is -1.12. The fourth-order valence-electron chi connectivity index (χ4n) is 2.12. The zero-order chi connectivity index (χ0) is 18.3. The van der Waals surface area contributed by atoms with Crippen LogP contribution in [0.3, 0.4) is 0 Å². The van der Waals surface area contributed by atoms with Crippen LogP contribution in [-0.4, -0.2) is 38.6 Å². The van der Waals surface area contributed by atoms with Crippen LogP contribution in [0.5, 0.6) is 0 Å². The number of carbonyl (C=O) groups is 2. The van der Waals surface area contributed by atoms with E-state index < -0.39 is 27.7 Å². The first-order valence-electron chi connectivity index (χ1n) is 7.74. The monoisotopic (exact) mass is 364 g/mol. The molecule has 0 spiro atoms. The lowest BCUT2D eigenvalue weighted by atomic mass is 10.2. The van der Waals surface area contributed by atoms with Gasteiger partial charge in [-0.05, 0) is 24.6 Å². The molecule has 0 unspecified atom stereocenters. The first-order valence-corrected chi connectivity index (χ1v) is 9.56. The second-order valence-electron chi connectivity index (χ2n) is 5.54. The Balaban J connectivity index is 1.76. The minimum absolute atomic E-state index is 0.0189. The average Bonchev–Trinajstić information content (AvgIpc) is 3.09. The average molecular weight is 364 g/mol. The summed E-state index contributed by atoms with van der Waals surface area (Å²) >= 11 is 0. The van der Waals surface area contributed by atoms with Crippen molar-refractivity contribution in [2.24, 2.45) is 0 Å². The first-order chi connectivity index (χ1) is 11.9. The summed E-state index contributed by atoms with van der Waals surface area (Å²) in [7, 11) is -3.33. The van der Waals surface area contributed by atoms with Crippen molar-refractivity contribution in [3.63, 3.8) is 0 Å². The maximum atomic E-state index is 12.1. The number of hydrogen-bond donors (Lipinski definition) is 2. The third-order valence-corrected chi connectivity index (χ3v) is 5.03. The minimum atomic E-state index is -3.33. The number of sulfone groups is 1. The number of furan rings is 1. The lowest BCUT2D eigenvalue weighted by Crippen LogP contribution is -2.45. The number of carbonyl (C=O) groups excluding carboxylic acids is 2. The van der Waals surface area contributed by atoms with Gasteiger partial charge in [0, 0.05) is 6.54 Å². The van der Waals surface area contributed by atoms with E-state index in [2.05, 4.69) is 10.6 Å². The molecule has 0 fully saturated rings. The molecule has 134 valence electrons. The van der Waals surface area contributed by atoms with Crippen molar-refractivity contribution in [1.82, 2.24) is 10.6 Å². The molecule has 2 amide bonds. The van der Waals surface area contributed by atoms with Crippen molar-refractivity contribution >= 4 is 21.7 Å². The third kappa shape index (κ3) is 6.07. The lowest BCUT2D eigenvalue weighted by molar-refractivity contribution is -0.122. The van der Waals surface area contributed by atoms with Gasteiger partial charge >= 0.3 is 0 Å². The van der Waals surface area contributed by atoms with Gasteiger partial charge in [-0.1, -0.05) is 30.3 Å². The standard InChI is InChI=1S/C17H20N2O5S/c1-13(19-17(21)15-8-5-10-24-15)16(20)18-9-11-25(22,23)12-14-6-3-2-4-7-14/h2-8,10,13H,9,11-12H2,1H3,(H,18,20)(H,19,21)/t13-/m1/s1. The summed E-state index contributed by atoms with van der Waals surface area (Å²) in [6.45, 7) is 1.49.